The smallest absolute Gasteiger partial charge is 0.350 e. The number of aromatic nitrogens is 6. The number of benzene rings is 3. The Bertz CT molecular complexity index is 1860. The van der Waals surface area contributed by atoms with Gasteiger partial charge in [0.05, 0.1) is 30.7 Å². The van der Waals surface area contributed by atoms with Gasteiger partial charge >= 0.3 is 5.69 Å². The maximum atomic E-state index is 12.8. The molecule has 4 heterocycles. The lowest BCUT2D eigenvalue weighted by Gasteiger charge is -2.37. The normalized spacial score (nSPS) is 20.1. The van der Waals surface area contributed by atoms with Crippen LogP contribution in [0.15, 0.2) is 96.3 Å². The van der Waals surface area contributed by atoms with E-state index in [0.29, 0.717) is 19.8 Å². The molecule has 0 radical (unpaired) electrons. The summed E-state index contributed by atoms with van der Waals surface area (Å²) in [6, 6.07) is 24.7. The zero-order valence-corrected chi connectivity index (χ0v) is 28.4. The summed E-state index contributed by atoms with van der Waals surface area (Å²) in [5.41, 5.74) is 5.20. The number of hydrogen-bond acceptors (Lipinski definition) is 9. The Morgan fingerprint density at radius 1 is 0.857 bits per heavy atom. The van der Waals surface area contributed by atoms with Crippen LogP contribution in [0.3, 0.4) is 0 Å². The third-order valence-corrected chi connectivity index (χ3v) is 9.60. The lowest BCUT2D eigenvalue weighted by molar-refractivity contribution is -0.193. The lowest BCUT2D eigenvalue weighted by atomic mass is 9.97. The molecule has 0 saturated carbocycles. The second-order valence-electron chi connectivity index (χ2n) is 12.7. The van der Waals surface area contributed by atoms with Gasteiger partial charge in [-0.15, -0.1) is 0 Å². The van der Waals surface area contributed by atoms with Crippen LogP contribution in [-0.2, 0) is 28.2 Å². The van der Waals surface area contributed by atoms with E-state index in [2.05, 4.69) is 75.3 Å². The minimum absolute atomic E-state index is 0.0714. The van der Waals surface area contributed by atoms with Gasteiger partial charge in [0.2, 0.25) is 5.79 Å². The summed E-state index contributed by atoms with van der Waals surface area (Å²) >= 11 is 0. The van der Waals surface area contributed by atoms with Crippen LogP contribution in [0.5, 0.6) is 5.75 Å². The van der Waals surface area contributed by atoms with Crippen molar-refractivity contribution in [3.8, 4) is 11.4 Å². The van der Waals surface area contributed by atoms with Crippen molar-refractivity contribution in [3.63, 3.8) is 0 Å². The molecule has 0 spiro atoms. The molecule has 0 bridgehead atoms. The van der Waals surface area contributed by atoms with E-state index in [0.717, 1.165) is 61.7 Å². The number of hydrogen-bond donors (Lipinski definition) is 0. The van der Waals surface area contributed by atoms with Crippen molar-refractivity contribution in [1.82, 2.24) is 29.3 Å². The molecule has 3 aromatic carbocycles. The van der Waals surface area contributed by atoms with Crippen LogP contribution in [0.4, 0.5) is 11.4 Å². The number of ether oxygens (including phenoxy) is 3. The highest BCUT2D eigenvalue weighted by Crippen LogP contribution is 2.38. The Hall–Kier alpha value is -4.94. The van der Waals surface area contributed by atoms with Gasteiger partial charge in [-0.05, 0) is 73.9 Å². The Kier molecular flexibility index (Phi) is 9.49. The van der Waals surface area contributed by atoms with Gasteiger partial charge < -0.3 is 24.0 Å². The monoisotopic (exact) mass is 664 g/mol. The molecule has 0 aliphatic carbocycles. The zero-order valence-electron chi connectivity index (χ0n) is 28.4. The number of piperazine rings is 1. The minimum Gasteiger partial charge on any atom is -0.491 e. The van der Waals surface area contributed by atoms with E-state index in [-0.39, 0.29) is 17.8 Å². The third-order valence-electron chi connectivity index (χ3n) is 9.60. The molecule has 2 aliphatic rings. The van der Waals surface area contributed by atoms with Crippen LogP contribution in [0.25, 0.3) is 5.69 Å². The van der Waals surface area contributed by atoms with E-state index >= 15 is 0 Å². The van der Waals surface area contributed by atoms with Crippen LogP contribution in [0.1, 0.15) is 44.4 Å². The third kappa shape index (κ3) is 6.83. The molecule has 49 heavy (non-hydrogen) atoms. The standard InChI is InChI=1S/C37H44N8O4/c1-4-28(3)45-36(46)43(27-40-45)32-12-10-30(11-13-32)41-20-22-42(23-21-41)31-14-16-33(17-15-31)47-24-34-25-48-37(49-34,26-44-38-18-19-39-44)35-9-7-6-8-29(35)5-2/h6-19,27-28,34H,4-5,20-26H2,1-3H3/t28?,34-,37-/m1/s1. The van der Waals surface area contributed by atoms with Crippen molar-refractivity contribution in [1.29, 1.82) is 0 Å². The number of nitrogens with zero attached hydrogens (tertiary/aromatic N) is 8. The summed E-state index contributed by atoms with van der Waals surface area (Å²) in [4.78, 5) is 19.2. The van der Waals surface area contributed by atoms with Crippen LogP contribution < -0.4 is 20.2 Å². The van der Waals surface area contributed by atoms with Gasteiger partial charge in [0, 0.05) is 43.1 Å². The summed E-state index contributed by atoms with van der Waals surface area (Å²) in [5.74, 6) is -0.190. The highest BCUT2D eigenvalue weighted by molar-refractivity contribution is 5.54. The molecule has 1 unspecified atom stereocenters. The highest BCUT2D eigenvalue weighted by Gasteiger charge is 2.45. The second-order valence-corrected chi connectivity index (χ2v) is 12.7. The Morgan fingerprint density at radius 3 is 2.14 bits per heavy atom. The molecule has 0 amide bonds. The molecule has 3 atom stereocenters. The predicted molar refractivity (Wildman–Crippen MR) is 188 cm³/mol. The summed E-state index contributed by atoms with van der Waals surface area (Å²) in [7, 11) is 0. The van der Waals surface area contributed by atoms with Gasteiger partial charge in [-0.3, -0.25) is 0 Å². The average molecular weight is 665 g/mol. The summed E-state index contributed by atoms with van der Waals surface area (Å²) in [6.45, 7) is 10.9. The van der Waals surface area contributed by atoms with Gasteiger partial charge in [0.25, 0.3) is 0 Å². The first-order valence-corrected chi connectivity index (χ1v) is 17.2. The van der Waals surface area contributed by atoms with E-state index in [9.17, 15) is 4.79 Å². The molecule has 0 N–H and O–H groups in total. The van der Waals surface area contributed by atoms with Crippen molar-refractivity contribution < 1.29 is 14.2 Å². The first-order chi connectivity index (χ1) is 24.0. The van der Waals surface area contributed by atoms with E-state index < -0.39 is 5.79 Å². The number of aryl methyl sites for hydroxylation is 1. The Balaban J connectivity index is 0.926. The topological polar surface area (TPSA) is 105 Å². The Labute approximate surface area is 286 Å². The fraction of sp³-hybridized carbons (Fsp3) is 0.405. The van der Waals surface area contributed by atoms with Crippen molar-refractivity contribution >= 4 is 11.4 Å². The number of anilines is 2. The highest BCUT2D eigenvalue weighted by atomic mass is 16.8. The molecule has 12 heteroatoms. The molecule has 2 aromatic heterocycles. The second kappa shape index (κ2) is 14.3. The van der Waals surface area contributed by atoms with E-state index in [1.165, 1.54) is 11.3 Å². The van der Waals surface area contributed by atoms with Crippen LogP contribution in [0.2, 0.25) is 0 Å². The molecule has 12 nitrogen and oxygen atoms in total. The van der Waals surface area contributed by atoms with Crippen molar-refractivity contribution in [2.75, 3.05) is 49.2 Å². The summed E-state index contributed by atoms with van der Waals surface area (Å²) in [5, 5.41) is 12.9. The zero-order chi connectivity index (χ0) is 33.8. The number of rotatable bonds is 12. The van der Waals surface area contributed by atoms with Crippen LogP contribution in [-0.4, -0.2) is 74.8 Å². The lowest BCUT2D eigenvalue weighted by Crippen LogP contribution is -2.46. The maximum absolute atomic E-state index is 12.8. The van der Waals surface area contributed by atoms with Gasteiger partial charge in [-0.2, -0.15) is 20.1 Å². The first-order valence-electron chi connectivity index (χ1n) is 17.2. The van der Waals surface area contributed by atoms with E-state index in [4.69, 9.17) is 14.2 Å². The average Bonchev–Trinajstić information content (AvgIpc) is 3.92. The minimum atomic E-state index is -0.982. The molecule has 2 saturated heterocycles. The molecule has 7 rings (SSSR count). The molecule has 5 aromatic rings. The molecular formula is C37H44N8O4. The van der Waals surface area contributed by atoms with E-state index in [1.807, 2.05) is 43.3 Å². The first kappa shape index (κ1) is 32.6. The Morgan fingerprint density at radius 2 is 1.49 bits per heavy atom. The van der Waals surface area contributed by atoms with E-state index in [1.54, 1.807) is 32.8 Å². The van der Waals surface area contributed by atoms with Crippen molar-refractivity contribution in [3.05, 3.63) is 113 Å². The largest absolute Gasteiger partial charge is 0.491 e. The molecule has 256 valence electrons. The van der Waals surface area contributed by atoms with Crippen LogP contribution in [0, 0.1) is 0 Å². The van der Waals surface area contributed by atoms with Gasteiger partial charge in [0.1, 0.15) is 31.3 Å². The maximum Gasteiger partial charge on any atom is 0.350 e. The van der Waals surface area contributed by atoms with Crippen LogP contribution >= 0.6 is 0 Å². The fourth-order valence-corrected chi connectivity index (χ4v) is 6.63. The molecule has 2 fully saturated rings. The quantitative estimate of drug-likeness (QED) is 0.186. The van der Waals surface area contributed by atoms with Crippen molar-refractivity contribution in [2.45, 2.75) is 58.1 Å². The SMILES string of the molecule is CCc1ccccc1[C@]1(Cn2nccn2)OC[C@@H](COc2ccc(N3CCN(c4ccc(-n5cnn(C(C)CC)c5=O)cc4)CC3)cc2)O1. The van der Waals surface area contributed by atoms with Crippen molar-refractivity contribution in [2.24, 2.45) is 0 Å². The summed E-state index contributed by atoms with van der Waals surface area (Å²) in [6.07, 6.45) is 6.40. The van der Waals surface area contributed by atoms with Gasteiger partial charge in [-0.1, -0.05) is 38.1 Å². The summed E-state index contributed by atoms with van der Waals surface area (Å²) < 4.78 is 22.4. The van der Waals surface area contributed by atoms with Gasteiger partial charge in [0.15, 0.2) is 0 Å². The predicted octanol–water partition coefficient (Wildman–Crippen LogP) is 4.83. The molecular weight excluding hydrogens is 620 g/mol. The van der Waals surface area contributed by atoms with Gasteiger partial charge in [-0.25, -0.2) is 14.0 Å². The fourth-order valence-electron chi connectivity index (χ4n) is 6.63. The molecule has 2 aliphatic heterocycles.